The number of pyridine rings is 1. The average Bonchev–Trinajstić information content (AvgIpc) is 2.99. The first-order valence-electron chi connectivity index (χ1n) is 9.98. The molecular formula is C24H27N3O2. The predicted octanol–water partition coefficient (Wildman–Crippen LogP) is 4.24. The lowest BCUT2D eigenvalue weighted by atomic mass is 10.1. The molecule has 0 amide bonds. The molecule has 150 valence electrons. The minimum atomic E-state index is 0.710. The molecule has 0 radical (unpaired) electrons. The molecule has 3 aromatic rings. The van der Waals surface area contributed by atoms with E-state index in [1.165, 1.54) is 11.1 Å². The van der Waals surface area contributed by atoms with E-state index in [-0.39, 0.29) is 0 Å². The van der Waals surface area contributed by atoms with Crippen LogP contribution in [0, 0.1) is 0 Å². The summed E-state index contributed by atoms with van der Waals surface area (Å²) < 4.78 is 10.8. The van der Waals surface area contributed by atoms with Gasteiger partial charge in [-0.3, -0.25) is 9.88 Å². The highest BCUT2D eigenvalue weighted by Crippen LogP contribution is 2.33. The van der Waals surface area contributed by atoms with Gasteiger partial charge in [-0.1, -0.05) is 30.3 Å². The van der Waals surface area contributed by atoms with E-state index < -0.39 is 0 Å². The zero-order valence-electron chi connectivity index (χ0n) is 17.0. The van der Waals surface area contributed by atoms with Crippen molar-refractivity contribution in [1.29, 1.82) is 0 Å². The zero-order chi connectivity index (χ0) is 20.1. The Balaban J connectivity index is 1.50. The third-order valence-corrected chi connectivity index (χ3v) is 5.36. The Morgan fingerprint density at radius 3 is 2.62 bits per heavy atom. The predicted molar refractivity (Wildman–Crippen MR) is 117 cm³/mol. The first-order chi connectivity index (χ1) is 14.3. The van der Waals surface area contributed by atoms with Gasteiger partial charge in [0.25, 0.3) is 0 Å². The standard InChI is InChI=1S/C24H27N3O2/c1-28-23-9-8-19(14-24(23)29-2)21-15-22-20(16-26-21)17-27(13-11-25-22)12-10-18-6-4-3-5-7-18/h3-9,14-16,25H,10-13,17H2,1-2H3. The maximum atomic E-state index is 5.43. The Kier molecular flexibility index (Phi) is 5.96. The molecule has 1 aliphatic heterocycles. The van der Waals surface area contributed by atoms with Crippen LogP contribution in [0.5, 0.6) is 11.5 Å². The summed E-state index contributed by atoms with van der Waals surface area (Å²) in [4.78, 5) is 7.21. The number of nitrogens with zero attached hydrogens (tertiary/aromatic N) is 2. The second-order valence-corrected chi connectivity index (χ2v) is 7.23. The normalized spacial score (nSPS) is 13.9. The summed E-state index contributed by atoms with van der Waals surface area (Å²) in [6.45, 7) is 3.90. The van der Waals surface area contributed by atoms with E-state index in [0.29, 0.717) is 5.75 Å². The molecule has 1 aromatic heterocycles. The van der Waals surface area contributed by atoms with Crippen LogP contribution >= 0.6 is 0 Å². The fourth-order valence-electron chi connectivity index (χ4n) is 3.72. The van der Waals surface area contributed by atoms with Gasteiger partial charge >= 0.3 is 0 Å². The van der Waals surface area contributed by atoms with Crippen molar-refractivity contribution in [3.8, 4) is 22.8 Å². The number of benzene rings is 2. The maximum Gasteiger partial charge on any atom is 0.161 e. The second-order valence-electron chi connectivity index (χ2n) is 7.23. The fourth-order valence-corrected chi connectivity index (χ4v) is 3.72. The minimum Gasteiger partial charge on any atom is -0.493 e. The van der Waals surface area contributed by atoms with E-state index in [1.54, 1.807) is 14.2 Å². The van der Waals surface area contributed by atoms with Gasteiger partial charge < -0.3 is 14.8 Å². The number of hydrogen-bond donors (Lipinski definition) is 1. The van der Waals surface area contributed by atoms with E-state index in [9.17, 15) is 0 Å². The fraction of sp³-hybridized carbons (Fsp3) is 0.292. The van der Waals surface area contributed by atoms with Gasteiger partial charge in [0.05, 0.1) is 19.9 Å². The van der Waals surface area contributed by atoms with Crippen LogP contribution in [-0.2, 0) is 13.0 Å². The number of hydrogen-bond acceptors (Lipinski definition) is 5. The summed E-state index contributed by atoms with van der Waals surface area (Å²) in [5.74, 6) is 1.43. The van der Waals surface area contributed by atoms with Gasteiger partial charge in [-0.15, -0.1) is 0 Å². The molecule has 0 saturated carbocycles. The van der Waals surface area contributed by atoms with E-state index >= 15 is 0 Å². The van der Waals surface area contributed by atoms with Crippen molar-refractivity contribution in [2.45, 2.75) is 13.0 Å². The van der Waals surface area contributed by atoms with Gasteiger partial charge in [-0.2, -0.15) is 0 Å². The molecule has 29 heavy (non-hydrogen) atoms. The van der Waals surface area contributed by atoms with Crippen LogP contribution in [0.25, 0.3) is 11.3 Å². The molecule has 0 bridgehead atoms. The number of ether oxygens (including phenoxy) is 2. The molecule has 1 N–H and O–H groups in total. The third kappa shape index (κ3) is 4.51. The van der Waals surface area contributed by atoms with Crippen molar-refractivity contribution in [3.05, 3.63) is 71.9 Å². The van der Waals surface area contributed by atoms with Crippen molar-refractivity contribution >= 4 is 5.69 Å². The average molecular weight is 389 g/mol. The maximum absolute atomic E-state index is 5.43. The van der Waals surface area contributed by atoms with Gasteiger partial charge in [0.15, 0.2) is 11.5 Å². The molecule has 2 heterocycles. The lowest BCUT2D eigenvalue weighted by molar-refractivity contribution is 0.284. The van der Waals surface area contributed by atoms with Gasteiger partial charge in [0.2, 0.25) is 0 Å². The molecule has 5 heteroatoms. The van der Waals surface area contributed by atoms with Gasteiger partial charge in [-0.05, 0) is 36.2 Å². The number of methoxy groups -OCH3 is 2. The van der Waals surface area contributed by atoms with Crippen LogP contribution in [-0.4, -0.2) is 43.7 Å². The molecule has 1 aliphatic rings. The third-order valence-electron chi connectivity index (χ3n) is 5.36. The summed E-state index contributed by atoms with van der Waals surface area (Å²) in [7, 11) is 3.29. The number of fused-ring (bicyclic) bond motifs is 1. The van der Waals surface area contributed by atoms with Crippen LogP contribution < -0.4 is 14.8 Å². The molecule has 0 spiro atoms. The quantitative estimate of drug-likeness (QED) is 0.683. The minimum absolute atomic E-state index is 0.710. The monoisotopic (exact) mass is 389 g/mol. The van der Waals surface area contributed by atoms with Crippen molar-refractivity contribution < 1.29 is 9.47 Å². The number of rotatable bonds is 6. The lowest BCUT2D eigenvalue weighted by Gasteiger charge is -2.19. The second kappa shape index (κ2) is 8.97. The summed E-state index contributed by atoms with van der Waals surface area (Å²) in [6, 6.07) is 18.7. The van der Waals surface area contributed by atoms with E-state index in [4.69, 9.17) is 14.5 Å². The lowest BCUT2D eigenvalue weighted by Crippen LogP contribution is -2.28. The number of anilines is 1. The zero-order valence-corrected chi connectivity index (χ0v) is 17.0. The molecule has 5 nitrogen and oxygen atoms in total. The van der Waals surface area contributed by atoms with Crippen molar-refractivity contribution in [3.63, 3.8) is 0 Å². The molecule has 0 aliphatic carbocycles. The molecule has 2 aromatic carbocycles. The molecular weight excluding hydrogens is 362 g/mol. The highest BCUT2D eigenvalue weighted by Gasteiger charge is 2.16. The van der Waals surface area contributed by atoms with Gasteiger partial charge in [0, 0.05) is 49.2 Å². The number of nitrogens with one attached hydrogen (secondary N) is 1. The van der Waals surface area contributed by atoms with E-state index in [1.807, 2.05) is 24.4 Å². The SMILES string of the molecule is COc1ccc(-c2cc3c(cn2)CN(CCc2ccccc2)CCN3)cc1OC. The highest BCUT2D eigenvalue weighted by atomic mass is 16.5. The van der Waals surface area contributed by atoms with Gasteiger partial charge in [0.1, 0.15) is 0 Å². The Morgan fingerprint density at radius 2 is 1.83 bits per heavy atom. The Bertz CT molecular complexity index is 960. The van der Waals surface area contributed by atoms with Crippen LogP contribution in [0.1, 0.15) is 11.1 Å². The Hall–Kier alpha value is -3.05. The Labute approximate surface area is 172 Å². The summed E-state index contributed by atoms with van der Waals surface area (Å²) in [6.07, 6.45) is 3.06. The molecule has 0 atom stereocenters. The molecule has 0 fully saturated rings. The van der Waals surface area contributed by atoms with Crippen LogP contribution in [0.2, 0.25) is 0 Å². The topological polar surface area (TPSA) is 46.6 Å². The van der Waals surface area contributed by atoms with Crippen LogP contribution in [0.4, 0.5) is 5.69 Å². The van der Waals surface area contributed by atoms with Crippen LogP contribution in [0.15, 0.2) is 60.8 Å². The highest BCUT2D eigenvalue weighted by molar-refractivity contribution is 5.69. The summed E-state index contributed by atoms with van der Waals surface area (Å²) >= 11 is 0. The molecule has 0 saturated heterocycles. The van der Waals surface area contributed by atoms with Gasteiger partial charge in [-0.25, -0.2) is 0 Å². The van der Waals surface area contributed by atoms with Crippen LogP contribution in [0.3, 0.4) is 0 Å². The first-order valence-corrected chi connectivity index (χ1v) is 9.98. The largest absolute Gasteiger partial charge is 0.493 e. The van der Waals surface area contributed by atoms with E-state index in [2.05, 4.69) is 46.6 Å². The molecule has 4 rings (SSSR count). The van der Waals surface area contributed by atoms with E-state index in [0.717, 1.165) is 55.3 Å². The van der Waals surface area contributed by atoms with Crippen molar-refractivity contribution in [1.82, 2.24) is 9.88 Å². The molecule has 0 unspecified atom stereocenters. The first kappa shape index (κ1) is 19.3. The number of aromatic nitrogens is 1. The summed E-state index contributed by atoms with van der Waals surface area (Å²) in [5.41, 5.74) is 5.71. The summed E-state index contributed by atoms with van der Waals surface area (Å²) in [5, 5.41) is 3.58. The Morgan fingerprint density at radius 1 is 1.00 bits per heavy atom. The smallest absolute Gasteiger partial charge is 0.161 e. The van der Waals surface area contributed by atoms with Crippen molar-refractivity contribution in [2.75, 3.05) is 39.2 Å². The van der Waals surface area contributed by atoms with Crippen molar-refractivity contribution in [2.24, 2.45) is 0 Å².